The minimum Gasteiger partial charge on any atom is -0.467 e. The third-order valence-electron chi connectivity index (χ3n) is 4.48. The van der Waals surface area contributed by atoms with Crippen LogP contribution in [0.5, 0.6) is 0 Å². The Bertz CT molecular complexity index is 432. The second kappa shape index (κ2) is 7.09. The molecule has 1 aromatic rings. The predicted octanol–water partition coefficient (Wildman–Crippen LogP) is 1.63. The zero-order valence-electron chi connectivity index (χ0n) is 12.6. The van der Waals surface area contributed by atoms with Gasteiger partial charge in [0.05, 0.1) is 6.26 Å². The molecule has 0 saturated carbocycles. The average Bonchev–Trinajstić information content (AvgIpc) is 2.90. The third-order valence-corrected chi connectivity index (χ3v) is 4.48. The average molecular weight is 291 g/mol. The zero-order valence-corrected chi connectivity index (χ0v) is 12.6. The monoisotopic (exact) mass is 291 g/mol. The fourth-order valence-electron chi connectivity index (χ4n) is 3.31. The number of nitrogens with one attached hydrogen (secondary N) is 1. The van der Waals surface area contributed by atoms with Crippen LogP contribution in [-0.4, -0.2) is 55.0 Å². The molecule has 1 atom stereocenters. The number of hydrogen-bond acceptors (Lipinski definition) is 4. The first-order chi connectivity index (χ1) is 10.4. The summed E-state index contributed by atoms with van der Waals surface area (Å²) in [4.78, 5) is 17.3. The standard InChI is InChI=1S/C16H25N3O2/c20-16(19-9-3-1-2-4-10-19)15(14-6-5-13-21-14)18-11-7-17-8-12-18/h5-6,13,15,17H,1-4,7-12H2. The number of nitrogens with zero attached hydrogens (tertiary/aromatic N) is 2. The molecule has 0 radical (unpaired) electrons. The molecule has 3 heterocycles. The molecule has 5 nitrogen and oxygen atoms in total. The van der Waals surface area contributed by atoms with Crippen LogP contribution in [-0.2, 0) is 4.79 Å². The van der Waals surface area contributed by atoms with E-state index in [4.69, 9.17) is 4.42 Å². The summed E-state index contributed by atoms with van der Waals surface area (Å²) in [7, 11) is 0. The Labute approximate surface area is 126 Å². The molecule has 0 aromatic carbocycles. The van der Waals surface area contributed by atoms with Crippen LogP contribution in [0, 0.1) is 0 Å². The molecule has 1 unspecified atom stereocenters. The van der Waals surface area contributed by atoms with Crippen molar-refractivity contribution in [1.82, 2.24) is 15.1 Å². The molecular formula is C16H25N3O2. The van der Waals surface area contributed by atoms with Crippen molar-refractivity contribution in [2.45, 2.75) is 31.7 Å². The molecule has 1 N–H and O–H groups in total. The Balaban J connectivity index is 1.78. The van der Waals surface area contributed by atoms with Gasteiger partial charge in [-0.1, -0.05) is 12.8 Å². The van der Waals surface area contributed by atoms with Gasteiger partial charge in [0.25, 0.3) is 0 Å². The van der Waals surface area contributed by atoms with Crippen molar-refractivity contribution in [3.63, 3.8) is 0 Å². The van der Waals surface area contributed by atoms with Gasteiger partial charge in [-0.25, -0.2) is 0 Å². The van der Waals surface area contributed by atoms with E-state index in [9.17, 15) is 4.79 Å². The summed E-state index contributed by atoms with van der Waals surface area (Å²) in [5.41, 5.74) is 0. The summed E-state index contributed by atoms with van der Waals surface area (Å²) in [6.07, 6.45) is 6.39. The number of amides is 1. The van der Waals surface area contributed by atoms with Crippen LogP contribution in [0.3, 0.4) is 0 Å². The van der Waals surface area contributed by atoms with Crippen LogP contribution in [0.4, 0.5) is 0 Å². The summed E-state index contributed by atoms with van der Waals surface area (Å²) in [5, 5.41) is 3.35. The minimum atomic E-state index is -0.250. The van der Waals surface area contributed by atoms with E-state index >= 15 is 0 Å². The second-order valence-electron chi connectivity index (χ2n) is 5.94. The van der Waals surface area contributed by atoms with E-state index in [-0.39, 0.29) is 11.9 Å². The van der Waals surface area contributed by atoms with Gasteiger partial charge in [0, 0.05) is 39.3 Å². The lowest BCUT2D eigenvalue weighted by molar-refractivity contribution is -0.138. The Morgan fingerprint density at radius 1 is 1.10 bits per heavy atom. The van der Waals surface area contributed by atoms with Gasteiger partial charge in [0.2, 0.25) is 5.91 Å². The van der Waals surface area contributed by atoms with Gasteiger partial charge < -0.3 is 14.6 Å². The highest BCUT2D eigenvalue weighted by Crippen LogP contribution is 2.25. The lowest BCUT2D eigenvalue weighted by Gasteiger charge is -2.35. The van der Waals surface area contributed by atoms with Crippen molar-refractivity contribution in [2.75, 3.05) is 39.3 Å². The third kappa shape index (κ3) is 3.47. The molecule has 0 aliphatic carbocycles. The summed E-state index contributed by atoms with van der Waals surface area (Å²) < 4.78 is 5.58. The molecule has 1 aromatic heterocycles. The molecule has 2 fully saturated rings. The number of furan rings is 1. The molecule has 116 valence electrons. The number of likely N-dealkylation sites (tertiary alicyclic amines) is 1. The highest BCUT2D eigenvalue weighted by atomic mass is 16.3. The highest BCUT2D eigenvalue weighted by molar-refractivity contribution is 5.82. The van der Waals surface area contributed by atoms with Crippen molar-refractivity contribution >= 4 is 5.91 Å². The van der Waals surface area contributed by atoms with Crippen molar-refractivity contribution in [3.05, 3.63) is 24.2 Å². The summed E-state index contributed by atoms with van der Waals surface area (Å²) in [6.45, 7) is 5.44. The highest BCUT2D eigenvalue weighted by Gasteiger charge is 2.34. The van der Waals surface area contributed by atoms with Gasteiger partial charge in [0.15, 0.2) is 0 Å². The molecule has 2 aliphatic heterocycles. The normalized spacial score (nSPS) is 22.8. The maximum Gasteiger partial charge on any atom is 0.247 e. The van der Waals surface area contributed by atoms with Gasteiger partial charge in [-0.05, 0) is 25.0 Å². The van der Waals surface area contributed by atoms with E-state index in [1.54, 1.807) is 6.26 Å². The van der Waals surface area contributed by atoms with Crippen molar-refractivity contribution in [3.8, 4) is 0 Å². The fourth-order valence-corrected chi connectivity index (χ4v) is 3.31. The van der Waals surface area contributed by atoms with E-state index < -0.39 is 0 Å². The number of rotatable bonds is 3. The Hall–Kier alpha value is -1.33. The molecule has 0 bridgehead atoms. The van der Waals surface area contributed by atoms with E-state index in [0.717, 1.165) is 57.9 Å². The quantitative estimate of drug-likeness (QED) is 0.919. The molecular weight excluding hydrogens is 266 g/mol. The van der Waals surface area contributed by atoms with E-state index in [1.807, 2.05) is 17.0 Å². The van der Waals surface area contributed by atoms with E-state index in [2.05, 4.69) is 10.2 Å². The van der Waals surface area contributed by atoms with Crippen LogP contribution in [0.1, 0.15) is 37.5 Å². The first-order valence-electron chi connectivity index (χ1n) is 8.13. The van der Waals surface area contributed by atoms with Crippen molar-refractivity contribution in [1.29, 1.82) is 0 Å². The smallest absolute Gasteiger partial charge is 0.247 e. The molecule has 5 heteroatoms. The Morgan fingerprint density at radius 3 is 2.43 bits per heavy atom. The van der Waals surface area contributed by atoms with Crippen molar-refractivity contribution in [2.24, 2.45) is 0 Å². The lowest BCUT2D eigenvalue weighted by atomic mass is 10.1. The second-order valence-corrected chi connectivity index (χ2v) is 5.94. The first kappa shape index (κ1) is 14.6. The number of hydrogen-bond donors (Lipinski definition) is 1. The van der Waals surface area contributed by atoms with Crippen molar-refractivity contribution < 1.29 is 9.21 Å². The number of carbonyl (C=O) groups is 1. The lowest BCUT2D eigenvalue weighted by Crippen LogP contribution is -2.50. The molecule has 2 aliphatic rings. The van der Waals surface area contributed by atoms with E-state index in [1.165, 1.54) is 12.8 Å². The van der Waals surface area contributed by atoms with E-state index in [0.29, 0.717) is 0 Å². The van der Waals surface area contributed by atoms with Crippen LogP contribution in [0.15, 0.2) is 22.8 Å². The molecule has 1 amide bonds. The first-order valence-corrected chi connectivity index (χ1v) is 8.13. The maximum absolute atomic E-state index is 13.1. The maximum atomic E-state index is 13.1. The minimum absolute atomic E-state index is 0.216. The molecule has 0 spiro atoms. The summed E-state index contributed by atoms with van der Waals surface area (Å²) in [6, 6.07) is 3.56. The van der Waals surface area contributed by atoms with Gasteiger partial charge in [0.1, 0.15) is 11.8 Å². The van der Waals surface area contributed by atoms with Crippen LogP contribution in [0.25, 0.3) is 0 Å². The molecule has 21 heavy (non-hydrogen) atoms. The van der Waals surface area contributed by atoms with Crippen LogP contribution >= 0.6 is 0 Å². The molecule has 2 saturated heterocycles. The zero-order chi connectivity index (χ0) is 14.5. The Morgan fingerprint density at radius 2 is 1.81 bits per heavy atom. The number of piperazine rings is 1. The van der Waals surface area contributed by atoms with Crippen LogP contribution in [0.2, 0.25) is 0 Å². The fraction of sp³-hybridized carbons (Fsp3) is 0.688. The summed E-state index contributed by atoms with van der Waals surface area (Å²) in [5.74, 6) is 1.000. The summed E-state index contributed by atoms with van der Waals surface area (Å²) >= 11 is 0. The Kier molecular flexibility index (Phi) is 4.93. The van der Waals surface area contributed by atoms with Crippen LogP contribution < -0.4 is 5.32 Å². The number of carbonyl (C=O) groups excluding carboxylic acids is 1. The molecule has 3 rings (SSSR count). The SMILES string of the molecule is O=C(C(c1ccco1)N1CCNCC1)N1CCCCCC1. The predicted molar refractivity (Wildman–Crippen MR) is 80.9 cm³/mol. The van der Waals surface area contributed by atoms with Gasteiger partial charge in [-0.3, -0.25) is 9.69 Å². The van der Waals surface area contributed by atoms with Gasteiger partial charge in [-0.2, -0.15) is 0 Å². The van der Waals surface area contributed by atoms with Gasteiger partial charge >= 0.3 is 0 Å². The van der Waals surface area contributed by atoms with Gasteiger partial charge in [-0.15, -0.1) is 0 Å². The largest absolute Gasteiger partial charge is 0.467 e. The topological polar surface area (TPSA) is 48.7 Å².